The van der Waals surface area contributed by atoms with Crippen LogP contribution in [0.25, 0.3) is 11.1 Å². The highest BCUT2D eigenvalue weighted by Gasteiger charge is 2.40. The lowest BCUT2D eigenvalue weighted by molar-refractivity contribution is -0.154. The Hall–Kier alpha value is -2.37. The molecule has 1 saturated heterocycles. The van der Waals surface area contributed by atoms with E-state index in [0.717, 1.165) is 11.1 Å². The molecule has 0 radical (unpaired) electrons. The fourth-order valence-corrected chi connectivity index (χ4v) is 3.29. The second kappa shape index (κ2) is 7.89. The summed E-state index contributed by atoms with van der Waals surface area (Å²) < 4.78 is 5.25. The van der Waals surface area contributed by atoms with Crippen LogP contribution in [0.5, 0.6) is 0 Å². The van der Waals surface area contributed by atoms with Gasteiger partial charge in [-0.15, -0.1) is 0 Å². The summed E-state index contributed by atoms with van der Waals surface area (Å²) in [5.74, 6) is -1.29. The van der Waals surface area contributed by atoms with Gasteiger partial charge in [0.05, 0.1) is 16.0 Å². The first-order chi connectivity index (χ1) is 12.5. The molecule has 5 nitrogen and oxygen atoms in total. The number of rotatable bonds is 5. The maximum Gasteiger partial charge on any atom is 0.311 e. The van der Waals surface area contributed by atoms with Crippen LogP contribution in [-0.2, 0) is 9.53 Å². The molecule has 0 atom stereocenters. The van der Waals surface area contributed by atoms with E-state index < -0.39 is 11.4 Å². The minimum absolute atomic E-state index is 0.0520. The van der Waals surface area contributed by atoms with E-state index in [9.17, 15) is 14.7 Å². The van der Waals surface area contributed by atoms with Crippen molar-refractivity contribution in [3.63, 3.8) is 0 Å². The van der Waals surface area contributed by atoms with Gasteiger partial charge in [0.2, 0.25) is 0 Å². The van der Waals surface area contributed by atoms with E-state index in [-0.39, 0.29) is 12.5 Å². The summed E-state index contributed by atoms with van der Waals surface area (Å²) in [5.41, 5.74) is 1.20. The zero-order chi connectivity index (χ0) is 18.6. The number of carbonyl (C=O) groups excluding carboxylic acids is 1. The molecule has 0 unspecified atom stereocenters. The fraction of sp³-hybridized carbons (Fsp3) is 0.300. The Morgan fingerprint density at radius 1 is 1.08 bits per heavy atom. The molecule has 0 spiro atoms. The molecule has 26 heavy (non-hydrogen) atoms. The van der Waals surface area contributed by atoms with Crippen molar-refractivity contribution in [3.8, 4) is 11.1 Å². The molecule has 6 heteroatoms. The molecule has 1 fully saturated rings. The number of carboxylic acid groups (broad SMARTS) is 1. The van der Waals surface area contributed by atoms with E-state index in [1.807, 2.05) is 36.4 Å². The quantitative estimate of drug-likeness (QED) is 0.839. The molecule has 1 amide bonds. The first-order valence-corrected chi connectivity index (χ1v) is 8.84. The van der Waals surface area contributed by atoms with Gasteiger partial charge in [-0.2, -0.15) is 0 Å². The number of hydrogen-bond acceptors (Lipinski definition) is 3. The van der Waals surface area contributed by atoms with Crippen LogP contribution in [0.2, 0.25) is 5.02 Å². The Balaban J connectivity index is 1.78. The molecule has 1 aliphatic rings. The molecule has 2 N–H and O–H groups in total. The Morgan fingerprint density at radius 3 is 2.42 bits per heavy atom. The third kappa shape index (κ3) is 3.89. The number of benzene rings is 2. The highest BCUT2D eigenvalue weighted by molar-refractivity contribution is 6.34. The van der Waals surface area contributed by atoms with Gasteiger partial charge in [0.1, 0.15) is 0 Å². The number of carbonyl (C=O) groups is 2. The van der Waals surface area contributed by atoms with Crippen molar-refractivity contribution < 1.29 is 19.4 Å². The van der Waals surface area contributed by atoms with Crippen molar-refractivity contribution >= 4 is 23.5 Å². The predicted octanol–water partition coefficient (Wildman–Crippen LogP) is 3.62. The summed E-state index contributed by atoms with van der Waals surface area (Å²) >= 11 is 6.20. The van der Waals surface area contributed by atoms with Gasteiger partial charge >= 0.3 is 5.97 Å². The SMILES string of the molecule is O=C(NCC1(C(=O)O)CCOCC1)c1cc(-c2ccccc2)ccc1Cl. The Labute approximate surface area is 156 Å². The van der Waals surface area contributed by atoms with Crippen molar-refractivity contribution in [3.05, 3.63) is 59.1 Å². The van der Waals surface area contributed by atoms with Gasteiger partial charge in [0.25, 0.3) is 5.91 Å². The third-order valence-electron chi connectivity index (χ3n) is 4.81. The molecule has 2 aromatic carbocycles. The predicted molar refractivity (Wildman–Crippen MR) is 99.3 cm³/mol. The molecule has 2 aromatic rings. The number of ether oxygens (including phenoxy) is 1. The normalized spacial score (nSPS) is 16.0. The maximum absolute atomic E-state index is 12.6. The van der Waals surface area contributed by atoms with E-state index in [1.54, 1.807) is 12.1 Å². The van der Waals surface area contributed by atoms with Crippen LogP contribution in [0.4, 0.5) is 0 Å². The highest BCUT2D eigenvalue weighted by Crippen LogP contribution is 2.31. The van der Waals surface area contributed by atoms with Gasteiger partial charge in [-0.25, -0.2) is 0 Å². The molecule has 136 valence electrons. The molecule has 0 aliphatic carbocycles. The van der Waals surface area contributed by atoms with Crippen molar-refractivity contribution in [2.24, 2.45) is 5.41 Å². The number of carboxylic acids is 1. The number of nitrogens with one attached hydrogen (secondary N) is 1. The van der Waals surface area contributed by atoms with Crippen molar-refractivity contribution in [2.75, 3.05) is 19.8 Å². The minimum atomic E-state index is -0.989. The lowest BCUT2D eigenvalue weighted by Gasteiger charge is -2.33. The van der Waals surface area contributed by atoms with Crippen LogP contribution in [0.3, 0.4) is 0 Å². The molecular formula is C20H20ClNO4. The molecule has 1 aliphatic heterocycles. The summed E-state index contributed by atoms with van der Waals surface area (Å²) in [6.07, 6.45) is 0.751. The topological polar surface area (TPSA) is 75.6 Å². The van der Waals surface area contributed by atoms with Gasteiger partial charge in [-0.3, -0.25) is 9.59 Å². The standard InChI is InChI=1S/C20H20ClNO4/c21-17-7-6-15(14-4-2-1-3-5-14)12-16(17)18(23)22-13-20(19(24)25)8-10-26-11-9-20/h1-7,12H,8-11,13H2,(H,22,23)(H,24,25). The van der Waals surface area contributed by atoms with Crippen LogP contribution in [0.15, 0.2) is 48.5 Å². The summed E-state index contributed by atoms with van der Waals surface area (Å²) in [5, 5.41) is 12.7. The van der Waals surface area contributed by atoms with Gasteiger partial charge in [0, 0.05) is 19.8 Å². The number of hydrogen-bond donors (Lipinski definition) is 2. The third-order valence-corrected chi connectivity index (χ3v) is 5.14. The second-order valence-corrected chi connectivity index (χ2v) is 6.85. The Morgan fingerprint density at radius 2 is 1.77 bits per heavy atom. The lowest BCUT2D eigenvalue weighted by atomic mass is 9.80. The van der Waals surface area contributed by atoms with Crippen LogP contribution < -0.4 is 5.32 Å². The molecule has 1 heterocycles. The fourth-order valence-electron chi connectivity index (χ4n) is 3.08. The molecule has 0 bridgehead atoms. The second-order valence-electron chi connectivity index (χ2n) is 6.44. The van der Waals surface area contributed by atoms with Crippen LogP contribution in [0.1, 0.15) is 23.2 Å². The molecule has 0 saturated carbocycles. The van der Waals surface area contributed by atoms with Crippen LogP contribution >= 0.6 is 11.6 Å². The first kappa shape index (κ1) is 18.4. The van der Waals surface area contributed by atoms with Gasteiger partial charge < -0.3 is 15.2 Å². The van der Waals surface area contributed by atoms with Crippen molar-refractivity contribution in [1.29, 1.82) is 0 Å². The average molecular weight is 374 g/mol. The molecule has 0 aromatic heterocycles. The minimum Gasteiger partial charge on any atom is -0.481 e. The van der Waals surface area contributed by atoms with Crippen LogP contribution in [-0.4, -0.2) is 36.7 Å². The van der Waals surface area contributed by atoms with E-state index in [4.69, 9.17) is 16.3 Å². The molecular weight excluding hydrogens is 354 g/mol. The Kier molecular flexibility index (Phi) is 5.59. The van der Waals surface area contributed by atoms with Crippen molar-refractivity contribution in [1.82, 2.24) is 5.32 Å². The Bertz CT molecular complexity index is 801. The largest absolute Gasteiger partial charge is 0.481 e. The van der Waals surface area contributed by atoms with E-state index >= 15 is 0 Å². The molecule has 3 rings (SSSR count). The monoisotopic (exact) mass is 373 g/mol. The summed E-state index contributed by atoms with van der Waals surface area (Å²) in [6.45, 7) is 0.815. The van der Waals surface area contributed by atoms with Gasteiger partial charge in [0.15, 0.2) is 0 Å². The summed E-state index contributed by atoms with van der Waals surface area (Å²) in [4.78, 5) is 24.3. The van der Waals surface area contributed by atoms with Crippen LogP contribution in [0, 0.1) is 5.41 Å². The lowest BCUT2D eigenvalue weighted by Crippen LogP contribution is -2.46. The maximum atomic E-state index is 12.6. The summed E-state index contributed by atoms with van der Waals surface area (Å²) in [6, 6.07) is 14.9. The van der Waals surface area contributed by atoms with Gasteiger partial charge in [-0.05, 0) is 36.1 Å². The zero-order valence-corrected chi connectivity index (χ0v) is 15.0. The highest BCUT2D eigenvalue weighted by atomic mass is 35.5. The average Bonchev–Trinajstić information content (AvgIpc) is 2.68. The number of aliphatic carboxylic acids is 1. The van der Waals surface area contributed by atoms with Gasteiger partial charge in [-0.1, -0.05) is 48.0 Å². The number of amides is 1. The van der Waals surface area contributed by atoms with Crippen molar-refractivity contribution in [2.45, 2.75) is 12.8 Å². The first-order valence-electron chi connectivity index (χ1n) is 8.46. The van der Waals surface area contributed by atoms with E-state index in [0.29, 0.717) is 36.6 Å². The van der Waals surface area contributed by atoms with E-state index in [2.05, 4.69) is 5.32 Å². The smallest absolute Gasteiger partial charge is 0.311 e. The summed E-state index contributed by atoms with van der Waals surface area (Å²) in [7, 11) is 0. The number of halogens is 1. The zero-order valence-electron chi connectivity index (χ0n) is 14.2. The van der Waals surface area contributed by atoms with E-state index in [1.165, 1.54) is 0 Å².